The zero-order valence-electron chi connectivity index (χ0n) is 14.2. The molecule has 1 aromatic heterocycles. The standard InChI is InChI=1S/C20H23N3O2/c24-19(14-5-2-1-3-6-14)18-7-4-10-23(18)20(25)15-8-9-17-16(11-15)12-21-13-22-17/h1-3,5-6,12-13,15,18-19,24H,4,7-11H2. The number of aliphatic hydroxyl groups is 1. The van der Waals surface area contributed by atoms with E-state index in [9.17, 15) is 9.90 Å². The number of hydrogen-bond acceptors (Lipinski definition) is 4. The number of amides is 1. The maximum atomic E-state index is 13.1. The first kappa shape index (κ1) is 16.2. The minimum absolute atomic E-state index is 0.0259. The molecule has 1 fully saturated rings. The van der Waals surface area contributed by atoms with Gasteiger partial charge >= 0.3 is 0 Å². The molecular formula is C20H23N3O2. The molecule has 1 amide bonds. The van der Waals surface area contributed by atoms with E-state index in [1.54, 1.807) is 6.33 Å². The summed E-state index contributed by atoms with van der Waals surface area (Å²) in [6, 6.07) is 9.54. The number of hydrogen-bond donors (Lipinski definition) is 1. The molecule has 130 valence electrons. The van der Waals surface area contributed by atoms with E-state index in [4.69, 9.17) is 0 Å². The molecule has 25 heavy (non-hydrogen) atoms. The highest BCUT2D eigenvalue weighted by Gasteiger charge is 2.38. The van der Waals surface area contributed by atoms with Crippen LogP contribution in [0.3, 0.4) is 0 Å². The van der Waals surface area contributed by atoms with Crippen LogP contribution in [0.25, 0.3) is 0 Å². The van der Waals surface area contributed by atoms with Crippen molar-refractivity contribution in [2.45, 2.75) is 44.2 Å². The van der Waals surface area contributed by atoms with Crippen LogP contribution < -0.4 is 0 Å². The number of aryl methyl sites for hydroxylation is 1. The summed E-state index contributed by atoms with van der Waals surface area (Å²) >= 11 is 0. The lowest BCUT2D eigenvalue weighted by Gasteiger charge is -2.33. The van der Waals surface area contributed by atoms with E-state index in [0.29, 0.717) is 6.42 Å². The van der Waals surface area contributed by atoms with Crippen molar-refractivity contribution in [3.05, 3.63) is 59.7 Å². The van der Waals surface area contributed by atoms with E-state index in [-0.39, 0.29) is 17.9 Å². The molecule has 5 nitrogen and oxygen atoms in total. The molecule has 3 unspecified atom stereocenters. The van der Waals surface area contributed by atoms with Crippen LogP contribution in [0.1, 0.15) is 42.2 Å². The minimum atomic E-state index is -0.619. The highest BCUT2D eigenvalue weighted by atomic mass is 16.3. The van der Waals surface area contributed by atoms with E-state index >= 15 is 0 Å². The van der Waals surface area contributed by atoms with Gasteiger partial charge in [0.15, 0.2) is 0 Å². The van der Waals surface area contributed by atoms with Crippen LogP contribution in [-0.4, -0.2) is 38.5 Å². The smallest absolute Gasteiger partial charge is 0.226 e. The van der Waals surface area contributed by atoms with Crippen molar-refractivity contribution in [2.75, 3.05) is 6.54 Å². The van der Waals surface area contributed by atoms with Gasteiger partial charge in [0.25, 0.3) is 0 Å². The van der Waals surface area contributed by atoms with Gasteiger partial charge in [-0.15, -0.1) is 0 Å². The molecule has 2 aliphatic rings. The second-order valence-electron chi connectivity index (χ2n) is 7.03. The number of carbonyl (C=O) groups is 1. The number of likely N-dealkylation sites (tertiary alicyclic amines) is 1. The third kappa shape index (κ3) is 3.16. The van der Waals surface area contributed by atoms with Gasteiger partial charge < -0.3 is 10.0 Å². The predicted molar refractivity (Wildman–Crippen MR) is 93.7 cm³/mol. The fourth-order valence-electron chi connectivity index (χ4n) is 4.17. The van der Waals surface area contributed by atoms with Gasteiger partial charge in [0.1, 0.15) is 6.33 Å². The molecule has 1 N–H and O–H groups in total. The molecule has 0 bridgehead atoms. The Hall–Kier alpha value is -2.27. The highest BCUT2D eigenvalue weighted by molar-refractivity contribution is 5.80. The van der Waals surface area contributed by atoms with Gasteiger partial charge in [-0.05, 0) is 43.2 Å². The lowest BCUT2D eigenvalue weighted by Crippen LogP contribution is -2.43. The molecule has 0 radical (unpaired) electrons. The Balaban J connectivity index is 1.50. The average molecular weight is 337 g/mol. The second-order valence-corrected chi connectivity index (χ2v) is 7.03. The summed E-state index contributed by atoms with van der Waals surface area (Å²) in [5, 5.41) is 10.8. The van der Waals surface area contributed by atoms with Crippen LogP contribution in [0.5, 0.6) is 0 Å². The fraction of sp³-hybridized carbons (Fsp3) is 0.450. The van der Waals surface area contributed by atoms with Crippen molar-refractivity contribution in [3.63, 3.8) is 0 Å². The summed E-state index contributed by atoms with van der Waals surface area (Å²) in [4.78, 5) is 23.5. The maximum absolute atomic E-state index is 13.1. The lowest BCUT2D eigenvalue weighted by atomic mass is 9.86. The first-order valence-electron chi connectivity index (χ1n) is 9.05. The van der Waals surface area contributed by atoms with Gasteiger partial charge in [-0.2, -0.15) is 0 Å². The van der Waals surface area contributed by atoms with Crippen LogP contribution in [0, 0.1) is 5.92 Å². The summed E-state index contributed by atoms with van der Waals surface area (Å²) in [6.45, 7) is 0.738. The number of rotatable bonds is 3. The van der Waals surface area contributed by atoms with Crippen molar-refractivity contribution in [1.29, 1.82) is 0 Å². The number of aromatic nitrogens is 2. The van der Waals surface area contributed by atoms with E-state index < -0.39 is 6.10 Å². The number of aliphatic hydroxyl groups excluding tert-OH is 1. The minimum Gasteiger partial charge on any atom is -0.386 e. The molecule has 1 aromatic carbocycles. The largest absolute Gasteiger partial charge is 0.386 e. The Kier molecular flexibility index (Phi) is 4.49. The van der Waals surface area contributed by atoms with Gasteiger partial charge in [0.05, 0.1) is 12.1 Å². The van der Waals surface area contributed by atoms with E-state index in [0.717, 1.165) is 49.0 Å². The van der Waals surface area contributed by atoms with Crippen LogP contribution in [-0.2, 0) is 17.6 Å². The van der Waals surface area contributed by atoms with Gasteiger partial charge in [-0.1, -0.05) is 30.3 Å². The van der Waals surface area contributed by atoms with Crippen molar-refractivity contribution < 1.29 is 9.90 Å². The SMILES string of the molecule is O=C(C1CCc2ncncc2C1)N1CCCC1C(O)c1ccccc1. The monoisotopic (exact) mass is 337 g/mol. The van der Waals surface area contributed by atoms with Gasteiger partial charge in [0.2, 0.25) is 5.91 Å². The third-order valence-corrected chi connectivity index (χ3v) is 5.51. The van der Waals surface area contributed by atoms with Crippen LogP contribution in [0.4, 0.5) is 0 Å². The van der Waals surface area contributed by atoms with Crippen molar-refractivity contribution >= 4 is 5.91 Å². The first-order chi connectivity index (χ1) is 12.2. The summed E-state index contributed by atoms with van der Waals surface area (Å²) < 4.78 is 0. The Labute approximate surface area is 147 Å². The lowest BCUT2D eigenvalue weighted by molar-refractivity contribution is -0.139. The van der Waals surface area contributed by atoms with Crippen molar-refractivity contribution in [1.82, 2.24) is 14.9 Å². The topological polar surface area (TPSA) is 66.3 Å². The van der Waals surface area contributed by atoms with E-state index in [2.05, 4.69) is 9.97 Å². The number of benzene rings is 1. The Bertz CT molecular complexity index is 750. The van der Waals surface area contributed by atoms with Crippen LogP contribution in [0.15, 0.2) is 42.9 Å². The summed E-state index contributed by atoms with van der Waals surface area (Å²) in [5.74, 6) is 0.147. The summed E-state index contributed by atoms with van der Waals surface area (Å²) in [6.07, 6.45) is 6.96. The molecule has 1 aliphatic heterocycles. The molecular weight excluding hydrogens is 314 g/mol. The number of nitrogens with zero attached hydrogens (tertiary/aromatic N) is 3. The normalized spacial score (nSPS) is 24.0. The molecule has 1 aliphatic carbocycles. The molecule has 0 spiro atoms. The van der Waals surface area contributed by atoms with Gasteiger partial charge in [-0.25, -0.2) is 9.97 Å². The number of carbonyl (C=O) groups excluding carboxylic acids is 1. The third-order valence-electron chi connectivity index (χ3n) is 5.51. The maximum Gasteiger partial charge on any atom is 0.226 e. The summed E-state index contributed by atoms with van der Waals surface area (Å²) in [5.41, 5.74) is 3.04. The van der Waals surface area contributed by atoms with Crippen molar-refractivity contribution in [2.24, 2.45) is 5.92 Å². The van der Waals surface area contributed by atoms with E-state index in [1.807, 2.05) is 41.4 Å². The molecule has 2 aromatic rings. The first-order valence-corrected chi connectivity index (χ1v) is 9.05. The zero-order chi connectivity index (χ0) is 17.2. The summed E-state index contributed by atoms with van der Waals surface area (Å²) in [7, 11) is 0. The highest BCUT2D eigenvalue weighted by Crippen LogP contribution is 2.33. The van der Waals surface area contributed by atoms with Gasteiger partial charge in [-0.3, -0.25) is 4.79 Å². The Morgan fingerprint density at radius 1 is 1.24 bits per heavy atom. The second kappa shape index (κ2) is 6.92. The molecule has 2 heterocycles. The van der Waals surface area contributed by atoms with Crippen molar-refractivity contribution in [3.8, 4) is 0 Å². The zero-order valence-corrected chi connectivity index (χ0v) is 14.2. The van der Waals surface area contributed by atoms with Crippen LogP contribution >= 0.6 is 0 Å². The number of fused-ring (bicyclic) bond motifs is 1. The fourth-order valence-corrected chi connectivity index (χ4v) is 4.17. The Morgan fingerprint density at radius 3 is 2.92 bits per heavy atom. The molecule has 3 atom stereocenters. The van der Waals surface area contributed by atoms with Crippen LogP contribution in [0.2, 0.25) is 0 Å². The molecule has 4 rings (SSSR count). The quantitative estimate of drug-likeness (QED) is 0.933. The molecule has 0 saturated carbocycles. The predicted octanol–water partition coefficient (Wildman–Crippen LogP) is 2.31. The van der Waals surface area contributed by atoms with Gasteiger partial charge in [0, 0.05) is 24.4 Å². The molecule has 5 heteroatoms. The average Bonchev–Trinajstić information content (AvgIpc) is 3.17. The van der Waals surface area contributed by atoms with E-state index in [1.165, 1.54) is 0 Å². The Morgan fingerprint density at radius 2 is 2.08 bits per heavy atom. The molecule has 1 saturated heterocycles.